The van der Waals surface area contributed by atoms with Crippen LogP contribution in [0.25, 0.3) is 5.57 Å². The van der Waals surface area contributed by atoms with Crippen LogP contribution in [0.15, 0.2) is 64.4 Å². The number of hydrogen-bond donors (Lipinski definition) is 0. The van der Waals surface area contributed by atoms with Crippen LogP contribution in [0, 0.1) is 0 Å². The summed E-state index contributed by atoms with van der Waals surface area (Å²) >= 11 is 1.89. The van der Waals surface area contributed by atoms with Crippen LogP contribution in [0.5, 0.6) is 5.75 Å². The Kier molecular flexibility index (Phi) is 3.60. The van der Waals surface area contributed by atoms with E-state index in [1.165, 1.54) is 33.8 Å². The van der Waals surface area contributed by atoms with Crippen LogP contribution in [-0.4, -0.2) is 7.11 Å². The van der Waals surface area contributed by atoms with Gasteiger partial charge in [0.1, 0.15) is 5.75 Å². The molecule has 19 heavy (non-hydrogen) atoms. The largest absolute Gasteiger partial charge is 0.497 e. The minimum atomic E-state index is 0.918. The first-order chi connectivity index (χ1) is 9.36. The van der Waals surface area contributed by atoms with Crippen molar-refractivity contribution in [3.05, 3.63) is 65.1 Å². The molecule has 3 rings (SSSR count). The lowest BCUT2D eigenvalue weighted by Crippen LogP contribution is -2.00. The Bertz CT molecular complexity index is 584. The molecule has 0 fully saturated rings. The van der Waals surface area contributed by atoms with Crippen LogP contribution in [0.3, 0.4) is 0 Å². The Morgan fingerprint density at radius 1 is 0.895 bits per heavy atom. The normalized spacial score (nSPS) is 14.2. The van der Waals surface area contributed by atoms with E-state index in [0.717, 1.165) is 5.75 Å². The van der Waals surface area contributed by atoms with Crippen molar-refractivity contribution in [1.82, 2.24) is 0 Å². The Labute approximate surface area is 118 Å². The summed E-state index contributed by atoms with van der Waals surface area (Å²) in [6.07, 6.45) is 2.38. The first kappa shape index (κ1) is 12.4. The lowest BCUT2D eigenvalue weighted by Gasteiger charge is -2.24. The van der Waals surface area contributed by atoms with E-state index >= 15 is 0 Å². The predicted octanol–water partition coefficient (Wildman–Crippen LogP) is 4.99. The number of hydrogen-bond acceptors (Lipinski definition) is 2. The lowest BCUT2D eigenvalue weighted by molar-refractivity contribution is 0.415. The van der Waals surface area contributed by atoms with E-state index in [1.54, 1.807) is 7.11 Å². The molecule has 0 bridgehead atoms. The highest BCUT2D eigenvalue weighted by atomic mass is 32.2. The molecule has 0 spiro atoms. The molecule has 0 amide bonds. The zero-order valence-corrected chi connectivity index (χ0v) is 11.7. The highest BCUT2D eigenvalue weighted by Crippen LogP contribution is 2.45. The molecule has 0 aromatic heterocycles. The minimum absolute atomic E-state index is 0.918. The van der Waals surface area contributed by atoms with Gasteiger partial charge in [-0.05, 0) is 53.1 Å². The van der Waals surface area contributed by atoms with Gasteiger partial charge in [-0.3, -0.25) is 0 Å². The first-order valence-corrected chi connectivity index (χ1v) is 7.28. The zero-order chi connectivity index (χ0) is 13.1. The van der Waals surface area contributed by atoms with Crippen molar-refractivity contribution in [1.29, 1.82) is 0 Å². The van der Waals surface area contributed by atoms with Crippen molar-refractivity contribution in [2.45, 2.75) is 17.7 Å². The van der Waals surface area contributed by atoms with Crippen LogP contribution in [0.2, 0.25) is 0 Å². The topological polar surface area (TPSA) is 9.23 Å². The summed E-state index contributed by atoms with van der Waals surface area (Å²) in [6, 6.07) is 18.9. The Morgan fingerprint density at radius 3 is 2.21 bits per heavy atom. The Hall–Kier alpha value is -1.67. The highest BCUT2D eigenvalue weighted by Gasteiger charge is 2.19. The summed E-state index contributed by atoms with van der Waals surface area (Å²) < 4.78 is 5.20. The van der Waals surface area contributed by atoms with E-state index in [0.29, 0.717) is 0 Å². The SMILES string of the molecule is COc1ccc(C2=C(Sc3ccccc3)CC2)cc1. The number of benzene rings is 2. The second-order valence-electron chi connectivity index (χ2n) is 4.55. The van der Waals surface area contributed by atoms with Gasteiger partial charge in [0.15, 0.2) is 0 Å². The number of methoxy groups -OCH3 is 1. The van der Waals surface area contributed by atoms with Gasteiger partial charge in [-0.2, -0.15) is 0 Å². The smallest absolute Gasteiger partial charge is 0.118 e. The van der Waals surface area contributed by atoms with E-state index in [1.807, 2.05) is 23.9 Å². The summed E-state index contributed by atoms with van der Waals surface area (Å²) in [4.78, 5) is 2.82. The van der Waals surface area contributed by atoms with Crippen molar-refractivity contribution in [2.75, 3.05) is 7.11 Å². The number of allylic oxidation sites excluding steroid dienone is 2. The second-order valence-corrected chi connectivity index (χ2v) is 5.71. The summed E-state index contributed by atoms with van der Waals surface area (Å²) in [5, 5.41) is 0. The lowest BCUT2D eigenvalue weighted by atomic mass is 9.91. The molecule has 0 heterocycles. The quantitative estimate of drug-likeness (QED) is 0.772. The van der Waals surface area contributed by atoms with Crippen LogP contribution < -0.4 is 4.74 Å². The molecule has 0 unspecified atom stereocenters. The predicted molar refractivity (Wildman–Crippen MR) is 81.4 cm³/mol. The zero-order valence-electron chi connectivity index (χ0n) is 10.9. The van der Waals surface area contributed by atoms with Gasteiger partial charge in [-0.15, -0.1) is 0 Å². The maximum absolute atomic E-state index is 5.20. The van der Waals surface area contributed by atoms with Crippen molar-refractivity contribution >= 4 is 17.3 Å². The van der Waals surface area contributed by atoms with Crippen LogP contribution >= 0.6 is 11.8 Å². The number of rotatable bonds is 4. The molecule has 96 valence electrons. The Morgan fingerprint density at radius 2 is 1.63 bits per heavy atom. The molecule has 2 aromatic carbocycles. The van der Waals surface area contributed by atoms with Gasteiger partial charge < -0.3 is 4.74 Å². The highest BCUT2D eigenvalue weighted by molar-refractivity contribution is 8.03. The molecule has 2 aromatic rings. The summed E-state index contributed by atoms with van der Waals surface area (Å²) in [6.45, 7) is 0. The fourth-order valence-corrected chi connectivity index (χ4v) is 3.32. The van der Waals surface area contributed by atoms with Gasteiger partial charge in [-0.1, -0.05) is 42.1 Å². The molecule has 1 aliphatic rings. The molecule has 0 saturated carbocycles. The maximum atomic E-state index is 5.20. The van der Waals surface area contributed by atoms with E-state index in [-0.39, 0.29) is 0 Å². The van der Waals surface area contributed by atoms with E-state index < -0.39 is 0 Å². The van der Waals surface area contributed by atoms with E-state index in [4.69, 9.17) is 4.74 Å². The molecule has 1 aliphatic carbocycles. The fraction of sp³-hybridized carbons (Fsp3) is 0.176. The first-order valence-electron chi connectivity index (χ1n) is 6.46. The van der Waals surface area contributed by atoms with Gasteiger partial charge in [0.25, 0.3) is 0 Å². The van der Waals surface area contributed by atoms with Crippen molar-refractivity contribution in [2.24, 2.45) is 0 Å². The Balaban J connectivity index is 1.82. The van der Waals surface area contributed by atoms with Crippen molar-refractivity contribution in [3.8, 4) is 5.75 Å². The van der Waals surface area contributed by atoms with Gasteiger partial charge >= 0.3 is 0 Å². The molecule has 0 aliphatic heterocycles. The van der Waals surface area contributed by atoms with Crippen molar-refractivity contribution < 1.29 is 4.74 Å². The minimum Gasteiger partial charge on any atom is -0.497 e. The number of ether oxygens (including phenoxy) is 1. The van der Waals surface area contributed by atoms with Gasteiger partial charge in [0.2, 0.25) is 0 Å². The van der Waals surface area contributed by atoms with E-state index in [2.05, 4.69) is 42.5 Å². The summed E-state index contributed by atoms with van der Waals surface area (Å²) in [5.41, 5.74) is 2.81. The third-order valence-corrected chi connectivity index (χ3v) is 4.57. The monoisotopic (exact) mass is 268 g/mol. The van der Waals surface area contributed by atoms with Crippen LogP contribution in [0.4, 0.5) is 0 Å². The summed E-state index contributed by atoms with van der Waals surface area (Å²) in [5.74, 6) is 0.918. The fourth-order valence-electron chi connectivity index (χ4n) is 2.19. The number of thioether (sulfide) groups is 1. The molecular weight excluding hydrogens is 252 g/mol. The van der Waals surface area contributed by atoms with Crippen LogP contribution in [-0.2, 0) is 0 Å². The third kappa shape index (κ3) is 2.69. The molecule has 0 atom stereocenters. The molecular formula is C17H16OS. The van der Waals surface area contributed by atoms with Crippen molar-refractivity contribution in [3.63, 3.8) is 0 Å². The third-order valence-electron chi connectivity index (χ3n) is 3.36. The second kappa shape index (κ2) is 5.54. The van der Waals surface area contributed by atoms with Gasteiger partial charge in [-0.25, -0.2) is 0 Å². The molecule has 0 N–H and O–H groups in total. The van der Waals surface area contributed by atoms with Crippen LogP contribution in [0.1, 0.15) is 18.4 Å². The average Bonchev–Trinajstić information content (AvgIpc) is 2.46. The van der Waals surface area contributed by atoms with E-state index in [9.17, 15) is 0 Å². The molecule has 2 heteroatoms. The average molecular weight is 268 g/mol. The maximum Gasteiger partial charge on any atom is 0.118 e. The van der Waals surface area contributed by atoms with Gasteiger partial charge in [0.05, 0.1) is 7.11 Å². The van der Waals surface area contributed by atoms with Gasteiger partial charge in [0, 0.05) is 4.90 Å². The standard InChI is InChI=1S/C17H16OS/c1-18-14-9-7-13(8-10-14)16-11-12-17(16)19-15-5-3-2-4-6-15/h2-10H,11-12H2,1H3. The molecule has 0 radical (unpaired) electrons. The summed E-state index contributed by atoms with van der Waals surface area (Å²) in [7, 11) is 1.70. The molecule has 0 saturated heterocycles. The molecule has 1 nitrogen and oxygen atoms in total.